The average Bonchev–Trinajstić information content (AvgIpc) is 2.98. The standard InChI is InChI=1S/C25H25F4NO3/c1-14-3-8-19(16-4-6-17(26)7-5-16)15(2)20(14)21-22(31)24(30-23(21)32)11-9-18(10-12-24)33-13-25(27,28)29/h3-8,18,31H,9-13H2,1-2H3,(H,30,32). The molecule has 1 heterocycles. The van der Waals surface area contributed by atoms with Gasteiger partial charge in [0.2, 0.25) is 0 Å². The number of alkyl halides is 3. The SMILES string of the molecule is Cc1ccc(-c2ccc(F)cc2)c(C)c1C1=C(O)C2(CCC(OCC(F)(F)F)CC2)NC1=O. The lowest BCUT2D eigenvalue weighted by atomic mass is 9.78. The third-order valence-electron chi connectivity index (χ3n) is 6.62. The van der Waals surface area contributed by atoms with Crippen molar-refractivity contribution in [2.75, 3.05) is 6.61 Å². The monoisotopic (exact) mass is 463 g/mol. The summed E-state index contributed by atoms with van der Waals surface area (Å²) in [5.41, 5.74) is 2.96. The van der Waals surface area contributed by atoms with E-state index >= 15 is 0 Å². The van der Waals surface area contributed by atoms with Crippen LogP contribution < -0.4 is 5.32 Å². The first-order valence-electron chi connectivity index (χ1n) is 10.8. The van der Waals surface area contributed by atoms with Gasteiger partial charge in [0.25, 0.3) is 5.91 Å². The molecule has 2 N–H and O–H groups in total. The third-order valence-corrected chi connectivity index (χ3v) is 6.62. The van der Waals surface area contributed by atoms with Crippen molar-refractivity contribution in [1.82, 2.24) is 5.32 Å². The Balaban J connectivity index is 1.65. The van der Waals surface area contributed by atoms with Crippen molar-refractivity contribution in [3.05, 3.63) is 64.7 Å². The summed E-state index contributed by atoms with van der Waals surface area (Å²) in [4.78, 5) is 13.0. The van der Waals surface area contributed by atoms with Gasteiger partial charge in [-0.15, -0.1) is 0 Å². The van der Waals surface area contributed by atoms with Crippen LogP contribution in [-0.2, 0) is 9.53 Å². The Morgan fingerprint density at radius 2 is 1.73 bits per heavy atom. The number of carbonyl (C=O) groups is 1. The summed E-state index contributed by atoms with van der Waals surface area (Å²) in [7, 11) is 0. The lowest BCUT2D eigenvalue weighted by molar-refractivity contribution is -0.188. The minimum Gasteiger partial charge on any atom is -0.509 e. The number of carbonyl (C=O) groups excluding carboxylic acids is 1. The number of nitrogens with one attached hydrogen (secondary N) is 1. The van der Waals surface area contributed by atoms with Gasteiger partial charge in [-0.05, 0) is 79.5 Å². The highest BCUT2D eigenvalue weighted by Gasteiger charge is 2.48. The molecule has 33 heavy (non-hydrogen) atoms. The zero-order valence-electron chi connectivity index (χ0n) is 18.4. The maximum atomic E-state index is 13.4. The van der Waals surface area contributed by atoms with Gasteiger partial charge in [-0.25, -0.2) is 4.39 Å². The molecule has 2 aromatic carbocycles. The van der Waals surface area contributed by atoms with Crippen molar-refractivity contribution in [3.63, 3.8) is 0 Å². The van der Waals surface area contributed by atoms with Crippen molar-refractivity contribution in [3.8, 4) is 11.1 Å². The Hall–Kier alpha value is -2.87. The summed E-state index contributed by atoms with van der Waals surface area (Å²) in [6.45, 7) is 2.39. The van der Waals surface area contributed by atoms with E-state index in [1.807, 2.05) is 26.0 Å². The van der Waals surface area contributed by atoms with Gasteiger partial charge in [0.05, 0.1) is 17.2 Å². The van der Waals surface area contributed by atoms with Crippen LogP contribution in [0.1, 0.15) is 42.4 Å². The van der Waals surface area contributed by atoms with Crippen LogP contribution in [0.3, 0.4) is 0 Å². The molecule has 0 saturated heterocycles. The van der Waals surface area contributed by atoms with Crippen molar-refractivity contribution in [1.29, 1.82) is 0 Å². The van der Waals surface area contributed by atoms with E-state index in [9.17, 15) is 27.5 Å². The number of halogens is 4. The van der Waals surface area contributed by atoms with Gasteiger partial charge in [-0.3, -0.25) is 4.79 Å². The lowest BCUT2D eigenvalue weighted by Crippen LogP contribution is -2.48. The molecule has 2 aromatic rings. The smallest absolute Gasteiger partial charge is 0.411 e. The summed E-state index contributed by atoms with van der Waals surface area (Å²) in [6, 6.07) is 9.78. The molecule has 1 amide bonds. The predicted octanol–water partition coefficient (Wildman–Crippen LogP) is 5.77. The second-order valence-electron chi connectivity index (χ2n) is 8.82. The molecule has 1 fully saturated rings. The highest BCUT2D eigenvalue weighted by Crippen LogP contribution is 2.44. The van der Waals surface area contributed by atoms with Crippen LogP contribution in [0.15, 0.2) is 42.2 Å². The predicted molar refractivity (Wildman–Crippen MR) is 116 cm³/mol. The number of aliphatic hydroxyl groups excluding tert-OH is 1. The fourth-order valence-corrected chi connectivity index (χ4v) is 4.92. The number of aliphatic hydroxyl groups is 1. The topological polar surface area (TPSA) is 58.6 Å². The van der Waals surface area contributed by atoms with Gasteiger partial charge < -0.3 is 15.2 Å². The Kier molecular flexibility index (Phi) is 5.99. The van der Waals surface area contributed by atoms with Crippen molar-refractivity contribution < 1.29 is 32.2 Å². The highest BCUT2D eigenvalue weighted by molar-refractivity contribution is 6.24. The molecule has 0 bridgehead atoms. The van der Waals surface area contributed by atoms with E-state index in [0.717, 1.165) is 22.3 Å². The summed E-state index contributed by atoms with van der Waals surface area (Å²) >= 11 is 0. The zero-order chi connectivity index (χ0) is 24.0. The van der Waals surface area contributed by atoms with Gasteiger partial charge in [-0.1, -0.05) is 24.3 Å². The minimum atomic E-state index is -4.39. The fourth-order valence-electron chi connectivity index (χ4n) is 4.92. The average molecular weight is 463 g/mol. The number of aryl methyl sites for hydroxylation is 1. The van der Waals surface area contributed by atoms with Gasteiger partial charge in [0.1, 0.15) is 18.2 Å². The molecular formula is C25H25F4NO3. The maximum absolute atomic E-state index is 13.4. The minimum absolute atomic E-state index is 0.0794. The molecule has 1 saturated carbocycles. The van der Waals surface area contributed by atoms with Crippen LogP contribution >= 0.6 is 0 Å². The molecule has 0 unspecified atom stereocenters. The summed E-state index contributed by atoms with van der Waals surface area (Å²) in [6.07, 6.45) is -3.81. The van der Waals surface area contributed by atoms with E-state index in [2.05, 4.69) is 5.32 Å². The molecule has 4 rings (SSSR count). The molecular weight excluding hydrogens is 438 g/mol. The first-order valence-corrected chi connectivity index (χ1v) is 10.8. The van der Waals surface area contributed by atoms with Crippen LogP contribution in [0.25, 0.3) is 16.7 Å². The van der Waals surface area contributed by atoms with E-state index < -0.39 is 30.3 Å². The van der Waals surface area contributed by atoms with Crippen molar-refractivity contribution in [2.24, 2.45) is 0 Å². The van der Waals surface area contributed by atoms with Crippen LogP contribution in [0.5, 0.6) is 0 Å². The van der Waals surface area contributed by atoms with Gasteiger partial charge in [-0.2, -0.15) is 13.2 Å². The number of hydrogen-bond acceptors (Lipinski definition) is 3. The largest absolute Gasteiger partial charge is 0.509 e. The van der Waals surface area contributed by atoms with E-state index in [4.69, 9.17) is 4.74 Å². The molecule has 2 aliphatic rings. The molecule has 176 valence electrons. The fraction of sp³-hybridized carbons (Fsp3) is 0.400. The highest BCUT2D eigenvalue weighted by atomic mass is 19.4. The molecule has 0 aromatic heterocycles. The van der Waals surface area contributed by atoms with E-state index in [1.165, 1.54) is 12.1 Å². The Morgan fingerprint density at radius 3 is 2.33 bits per heavy atom. The molecule has 1 spiro atoms. The summed E-state index contributed by atoms with van der Waals surface area (Å²) in [5.74, 6) is -0.843. The first kappa shape index (κ1) is 23.3. The molecule has 4 nitrogen and oxygen atoms in total. The van der Waals surface area contributed by atoms with Crippen LogP contribution in [-0.4, -0.2) is 35.4 Å². The van der Waals surface area contributed by atoms with Crippen molar-refractivity contribution in [2.45, 2.75) is 57.3 Å². The van der Waals surface area contributed by atoms with E-state index in [1.54, 1.807) is 12.1 Å². The normalized spacial score (nSPS) is 23.3. The van der Waals surface area contributed by atoms with Crippen LogP contribution in [0.2, 0.25) is 0 Å². The Bertz CT molecular complexity index is 1100. The number of amides is 1. The zero-order valence-corrected chi connectivity index (χ0v) is 18.4. The second-order valence-corrected chi connectivity index (χ2v) is 8.82. The quantitative estimate of drug-likeness (QED) is 0.566. The Morgan fingerprint density at radius 1 is 1.09 bits per heavy atom. The first-order chi connectivity index (χ1) is 15.5. The number of rotatable bonds is 4. The number of hydrogen-bond donors (Lipinski definition) is 2. The number of benzene rings is 2. The molecule has 0 atom stereocenters. The molecule has 1 aliphatic heterocycles. The van der Waals surface area contributed by atoms with Gasteiger partial charge in [0.15, 0.2) is 0 Å². The molecule has 8 heteroatoms. The molecule has 0 radical (unpaired) electrons. The van der Waals surface area contributed by atoms with Gasteiger partial charge in [0, 0.05) is 0 Å². The summed E-state index contributed by atoms with van der Waals surface area (Å²) < 4.78 is 55.7. The van der Waals surface area contributed by atoms with Crippen LogP contribution in [0.4, 0.5) is 17.6 Å². The number of ether oxygens (including phenoxy) is 1. The third kappa shape index (κ3) is 4.49. The molecule has 1 aliphatic carbocycles. The maximum Gasteiger partial charge on any atom is 0.411 e. The second kappa shape index (κ2) is 8.48. The van der Waals surface area contributed by atoms with Crippen molar-refractivity contribution >= 4 is 11.5 Å². The van der Waals surface area contributed by atoms with E-state index in [0.29, 0.717) is 18.4 Å². The van der Waals surface area contributed by atoms with E-state index in [-0.39, 0.29) is 30.0 Å². The lowest BCUT2D eigenvalue weighted by Gasteiger charge is -2.37. The van der Waals surface area contributed by atoms with Crippen LogP contribution in [0, 0.1) is 19.7 Å². The summed E-state index contributed by atoms with van der Waals surface area (Å²) in [5, 5.41) is 14.1. The Labute approximate surface area is 189 Å². The van der Waals surface area contributed by atoms with Gasteiger partial charge >= 0.3 is 6.18 Å².